The van der Waals surface area contributed by atoms with Crippen LogP contribution >= 0.6 is 0 Å². The lowest BCUT2D eigenvalue weighted by molar-refractivity contribution is -0.141. The normalized spacial score (nSPS) is 11.8. The molecule has 3 rings (SSSR count). The Bertz CT molecular complexity index is 790. The average molecular weight is 324 g/mol. The van der Waals surface area contributed by atoms with E-state index in [1.807, 2.05) is 60.7 Å². The summed E-state index contributed by atoms with van der Waals surface area (Å²) >= 11 is 0. The molecule has 0 bridgehead atoms. The van der Waals surface area contributed by atoms with E-state index in [1.165, 1.54) is 4.68 Å². The molecule has 0 aliphatic heterocycles. The van der Waals surface area contributed by atoms with Crippen LogP contribution in [0.4, 0.5) is 0 Å². The van der Waals surface area contributed by atoms with Crippen LogP contribution in [0.1, 0.15) is 17.4 Å². The second-order valence-electron chi connectivity index (χ2n) is 5.19. The summed E-state index contributed by atoms with van der Waals surface area (Å²) in [5.74, 6) is 0.0382. The minimum Gasteiger partial charge on any atom is -0.486 e. The van der Waals surface area contributed by atoms with Crippen molar-refractivity contribution in [3.63, 3.8) is 0 Å². The number of para-hydroxylation sites is 1. The van der Waals surface area contributed by atoms with Crippen LogP contribution in [0, 0.1) is 0 Å². The molecule has 1 N–H and O–H groups in total. The van der Waals surface area contributed by atoms with Crippen molar-refractivity contribution in [3.05, 3.63) is 72.1 Å². The summed E-state index contributed by atoms with van der Waals surface area (Å²) in [5.41, 5.74) is 0.898. The summed E-state index contributed by atoms with van der Waals surface area (Å²) < 4.78 is 6.92. The first-order valence-electron chi connectivity index (χ1n) is 7.45. The highest BCUT2D eigenvalue weighted by Crippen LogP contribution is 2.17. The molecule has 0 radical (unpaired) electrons. The molecule has 1 unspecified atom stereocenters. The fourth-order valence-electron chi connectivity index (χ4n) is 2.33. The summed E-state index contributed by atoms with van der Waals surface area (Å²) in [6.07, 6.45) is 0.291. The molecule has 0 aliphatic carbocycles. The first-order valence-corrected chi connectivity index (χ1v) is 7.45. The van der Waals surface area contributed by atoms with Crippen molar-refractivity contribution in [2.75, 3.05) is 0 Å². The van der Waals surface area contributed by atoms with Crippen LogP contribution in [0.2, 0.25) is 0 Å². The zero-order valence-electron chi connectivity index (χ0n) is 12.8. The zero-order chi connectivity index (χ0) is 16.8. The molecule has 2 aromatic carbocycles. The quantitative estimate of drug-likeness (QED) is 0.716. The van der Waals surface area contributed by atoms with Crippen LogP contribution in [0.25, 0.3) is 0 Å². The largest absolute Gasteiger partial charge is 0.486 e. The Labute approximate surface area is 138 Å². The molecule has 7 heteroatoms. The smallest absolute Gasteiger partial charge is 0.328 e. The lowest BCUT2D eigenvalue weighted by atomic mass is 10.1. The first-order chi connectivity index (χ1) is 11.7. The zero-order valence-corrected chi connectivity index (χ0v) is 12.8. The molecule has 0 aliphatic rings. The minimum atomic E-state index is -0.993. The van der Waals surface area contributed by atoms with Crippen molar-refractivity contribution < 1.29 is 14.6 Å². The van der Waals surface area contributed by atoms with Crippen molar-refractivity contribution in [1.82, 2.24) is 20.2 Å². The van der Waals surface area contributed by atoms with Gasteiger partial charge in [-0.15, -0.1) is 5.10 Å². The number of benzene rings is 2. The van der Waals surface area contributed by atoms with Gasteiger partial charge < -0.3 is 9.84 Å². The lowest BCUT2D eigenvalue weighted by Gasteiger charge is -2.14. The van der Waals surface area contributed by atoms with E-state index in [9.17, 15) is 9.90 Å². The Hall–Kier alpha value is -3.22. The molecule has 7 nitrogen and oxygen atoms in total. The van der Waals surface area contributed by atoms with Crippen LogP contribution in [-0.4, -0.2) is 31.3 Å². The van der Waals surface area contributed by atoms with Crippen molar-refractivity contribution in [2.45, 2.75) is 19.1 Å². The van der Waals surface area contributed by atoms with Gasteiger partial charge in [0, 0.05) is 6.42 Å². The maximum atomic E-state index is 11.7. The molecule has 1 atom stereocenters. The molecular formula is C17H16N4O3. The number of carboxylic acids is 1. The SMILES string of the molecule is O=C(O)C(Cc1ccccc1)n1nnnc1COc1ccccc1. The molecule has 0 fully saturated rings. The summed E-state index contributed by atoms with van der Waals surface area (Å²) in [5, 5.41) is 20.9. The summed E-state index contributed by atoms with van der Waals surface area (Å²) in [6.45, 7) is 0.0928. The van der Waals surface area contributed by atoms with Crippen LogP contribution in [0.15, 0.2) is 60.7 Å². The third kappa shape index (κ3) is 3.75. The van der Waals surface area contributed by atoms with Crippen molar-refractivity contribution in [1.29, 1.82) is 0 Å². The fraction of sp³-hybridized carbons (Fsp3) is 0.176. The van der Waals surface area contributed by atoms with Crippen molar-refractivity contribution >= 4 is 5.97 Å². The van der Waals surface area contributed by atoms with Gasteiger partial charge in [0.1, 0.15) is 12.4 Å². The summed E-state index contributed by atoms with van der Waals surface area (Å²) in [6, 6.07) is 17.7. The number of ether oxygens (including phenoxy) is 1. The van der Waals surface area contributed by atoms with E-state index in [0.29, 0.717) is 18.0 Å². The van der Waals surface area contributed by atoms with Crippen LogP contribution in [0.3, 0.4) is 0 Å². The number of hydrogen-bond donors (Lipinski definition) is 1. The van der Waals surface area contributed by atoms with Gasteiger partial charge in [-0.25, -0.2) is 9.48 Å². The summed E-state index contributed by atoms with van der Waals surface area (Å²) in [7, 11) is 0. The van der Waals surface area contributed by atoms with Gasteiger partial charge in [0.15, 0.2) is 11.9 Å². The van der Waals surface area contributed by atoms with Gasteiger partial charge in [-0.05, 0) is 28.1 Å². The summed E-state index contributed by atoms with van der Waals surface area (Å²) in [4.78, 5) is 11.7. The van der Waals surface area contributed by atoms with E-state index in [0.717, 1.165) is 5.56 Å². The topological polar surface area (TPSA) is 90.1 Å². The molecule has 1 heterocycles. The second kappa shape index (κ2) is 7.36. The number of nitrogens with zero attached hydrogens (tertiary/aromatic N) is 4. The number of carbonyl (C=O) groups is 1. The highest BCUT2D eigenvalue weighted by atomic mass is 16.5. The highest BCUT2D eigenvalue weighted by Gasteiger charge is 2.25. The molecule has 24 heavy (non-hydrogen) atoms. The van der Waals surface area contributed by atoms with E-state index in [4.69, 9.17) is 4.74 Å². The van der Waals surface area contributed by atoms with E-state index in [1.54, 1.807) is 0 Å². The molecule has 0 saturated carbocycles. The Morgan fingerprint density at radius 1 is 1.08 bits per heavy atom. The van der Waals surface area contributed by atoms with Crippen LogP contribution in [0.5, 0.6) is 5.75 Å². The van der Waals surface area contributed by atoms with E-state index >= 15 is 0 Å². The third-order valence-corrected chi connectivity index (χ3v) is 3.52. The number of aliphatic carboxylic acids is 1. The van der Waals surface area contributed by atoms with Crippen LogP contribution < -0.4 is 4.74 Å². The highest BCUT2D eigenvalue weighted by molar-refractivity contribution is 5.72. The standard InChI is InChI=1S/C17H16N4O3/c22-17(23)15(11-13-7-3-1-4-8-13)21-16(18-19-20-21)12-24-14-9-5-2-6-10-14/h1-10,15H,11-12H2,(H,22,23). The molecule has 122 valence electrons. The van der Waals surface area contributed by atoms with Gasteiger partial charge in [0.25, 0.3) is 0 Å². The van der Waals surface area contributed by atoms with Gasteiger partial charge in [-0.3, -0.25) is 0 Å². The fourth-order valence-corrected chi connectivity index (χ4v) is 2.33. The molecule has 1 aromatic heterocycles. The Balaban J connectivity index is 1.77. The lowest BCUT2D eigenvalue weighted by Crippen LogP contribution is -2.25. The molecule has 0 spiro atoms. The van der Waals surface area contributed by atoms with Gasteiger partial charge in [-0.1, -0.05) is 48.5 Å². The Morgan fingerprint density at radius 2 is 1.75 bits per heavy atom. The van der Waals surface area contributed by atoms with E-state index < -0.39 is 12.0 Å². The number of hydrogen-bond acceptors (Lipinski definition) is 5. The molecule has 3 aromatic rings. The van der Waals surface area contributed by atoms with E-state index in [2.05, 4.69) is 15.5 Å². The number of carboxylic acid groups (broad SMARTS) is 1. The number of aromatic nitrogens is 4. The molecule has 0 saturated heterocycles. The Morgan fingerprint density at radius 3 is 2.42 bits per heavy atom. The predicted octanol–water partition coefficient (Wildman–Crippen LogP) is 2.12. The van der Waals surface area contributed by atoms with Crippen molar-refractivity contribution in [2.24, 2.45) is 0 Å². The molecule has 0 amide bonds. The predicted molar refractivity (Wildman–Crippen MR) is 85.4 cm³/mol. The maximum absolute atomic E-state index is 11.7. The van der Waals surface area contributed by atoms with Gasteiger partial charge in [0.05, 0.1) is 0 Å². The van der Waals surface area contributed by atoms with Crippen LogP contribution in [-0.2, 0) is 17.8 Å². The number of tetrazole rings is 1. The Kier molecular flexibility index (Phi) is 4.81. The van der Waals surface area contributed by atoms with E-state index in [-0.39, 0.29) is 6.61 Å². The third-order valence-electron chi connectivity index (χ3n) is 3.52. The maximum Gasteiger partial charge on any atom is 0.328 e. The molecular weight excluding hydrogens is 308 g/mol. The first kappa shape index (κ1) is 15.7. The monoisotopic (exact) mass is 324 g/mol. The minimum absolute atomic E-state index is 0.0928. The van der Waals surface area contributed by atoms with Gasteiger partial charge >= 0.3 is 5.97 Å². The van der Waals surface area contributed by atoms with Crippen molar-refractivity contribution in [3.8, 4) is 5.75 Å². The second-order valence-corrected chi connectivity index (χ2v) is 5.19. The number of rotatable bonds is 7. The van der Waals surface area contributed by atoms with Gasteiger partial charge in [0.2, 0.25) is 0 Å². The average Bonchev–Trinajstić information content (AvgIpc) is 3.07. The van der Waals surface area contributed by atoms with Gasteiger partial charge in [-0.2, -0.15) is 0 Å².